The first-order valence-electron chi connectivity index (χ1n) is 4.81. The predicted molar refractivity (Wildman–Crippen MR) is 57.3 cm³/mol. The van der Waals surface area contributed by atoms with E-state index in [9.17, 15) is 4.79 Å². The molecule has 0 atom stereocenters. The summed E-state index contributed by atoms with van der Waals surface area (Å²) in [5.74, 6) is 0.756. The summed E-state index contributed by atoms with van der Waals surface area (Å²) in [6, 6.07) is 0. The van der Waals surface area contributed by atoms with Gasteiger partial charge in [-0.05, 0) is 38.3 Å². The van der Waals surface area contributed by atoms with E-state index in [1.54, 1.807) is 0 Å². The van der Waals surface area contributed by atoms with E-state index in [2.05, 4.69) is 5.32 Å². The van der Waals surface area contributed by atoms with Crippen LogP contribution in [-0.2, 0) is 4.79 Å². The Kier molecular flexibility index (Phi) is 5.57. The number of nitrogens with one attached hydrogen (secondary N) is 1. The van der Waals surface area contributed by atoms with Gasteiger partial charge >= 0.3 is 0 Å². The van der Waals surface area contributed by atoms with Crippen LogP contribution >= 0.6 is 12.4 Å². The van der Waals surface area contributed by atoms with Crippen molar-refractivity contribution in [1.29, 1.82) is 0 Å². The van der Waals surface area contributed by atoms with E-state index in [0.29, 0.717) is 0 Å². The topological polar surface area (TPSA) is 29.1 Å². The lowest BCUT2D eigenvalue weighted by molar-refractivity contribution is -0.115. The molecule has 1 aliphatic rings. The van der Waals surface area contributed by atoms with E-state index in [-0.39, 0.29) is 17.8 Å². The standard InChI is InChI=1S/C10H19NO.ClH/c1-10(2,8-12)7-9-3-5-11-6-4-9;/h8-9,11H,3-7H2,1-2H3;1H. The third-order valence-electron chi connectivity index (χ3n) is 2.59. The van der Waals surface area contributed by atoms with Crippen molar-refractivity contribution < 1.29 is 4.79 Å². The summed E-state index contributed by atoms with van der Waals surface area (Å²) >= 11 is 0. The Morgan fingerprint density at radius 1 is 1.38 bits per heavy atom. The molecule has 0 aromatic heterocycles. The highest BCUT2D eigenvalue weighted by molar-refractivity contribution is 5.85. The Bertz CT molecular complexity index is 153. The van der Waals surface area contributed by atoms with E-state index in [1.807, 2.05) is 13.8 Å². The summed E-state index contributed by atoms with van der Waals surface area (Å²) in [5, 5.41) is 3.33. The SMILES string of the molecule is CC(C)(C=O)CC1CCNCC1.Cl. The van der Waals surface area contributed by atoms with Crippen LogP contribution in [-0.4, -0.2) is 19.4 Å². The average molecular weight is 206 g/mol. The number of piperidine rings is 1. The molecule has 0 aliphatic carbocycles. The van der Waals surface area contributed by atoms with E-state index in [4.69, 9.17) is 0 Å². The second-order valence-corrected chi connectivity index (χ2v) is 4.50. The van der Waals surface area contributed by atoms with Gasteiger partial charge in [0.15, 0.2) is 0 Å². The number of hydrogen-bond donors (Lipinski definition) is 1. The lowest BCUT2D eigenvalue weighted by atomic mass is 9.80. The van der Waals surface area contributed by atoms with Gasteiger partial charge in [-0.2, -0.15) is 0 Å². The molecule has 0 amide bonds. The monoisotopic (exact) mass is 205 g/mol. The van der Waals surface area contributed by atoms with Crippen LogP contribution in [0.1, 0.15) is 33.1 Å². The molecule has 1 aliphatic heterocycles. The normalized spacial score (nSPS) is 19.2. The number of aldehydes is 1. The number of hydrogen-bond acceptors (Lipinski definition) is 2. The lowest BCUT2D eigenvalue weighted by Gasteiger charge is -2.28. The van der Waals surface area contributed by atoms with Crippen molar-refractivity contribution in [3.63, 3.8) is 0 Å². The third-order valence-corrected chi connectivity index (χ3v) is 2.59. The molecule has 13 heavy (non-hydrogen) atoms. The summed E-state index contributed by atoms with van der Waals surface area (Å²) in [7, 11) is 0. The van der Waals surface area contributed by atoms with Gasteiger partial charge in [0.1, 0.15) is 6.29 Å². The van der Waals surface area contributed by atoms with Gasteiger partial charge in [0.05, 0.1) is 0 Å². The van der Waals surface area contributed by atoms with Gasteiger partial charge in [-0.15, -0.1) is 12.4 Å². The maximum atomic E-state index is 10.7. The minimum absolute atomic E-state index is 0. The lowest BCUT2D eigenvalue weighted by Crippen LogP contribution is -2.30. The van der Waals surface area contributed by atoms with Crippen LogP contribution in [0.15, 0.2) is 0 Å². The van der Waals surface area contributed by atoms with Gasteiger partial charge in [-0.1, -0.05) is 13.8 Å². The first-order valence-corrected chi connectivity index (χ1v) is 4.81. The van der Waals surface area contributed by atoms with Crippen LogP contribution in [0.3, 0.4) is 0 Å². The number of halogens is 1. The number of carbonyl (C=O) groups is 1. The molecule has 3 heteroatoms. The van der Waals surface area contributed by atoms with E-state index < -0.39 is 0 Å². The van der Waals surface area contributed by atoms with Crippen LogP contribution in [0, 0.1) is 11.3 Å². The number of rotatable bonds is 3. The molecule has 1 rings (SSSR count). The minimum atomic E-state index is -0.109. The fourth-order valence-electron chi connectivity index (χ4n) is 1.88. The molecule has 0 bridgehead atoms. The van der Waals surface area contributed by atoms with Crippen molar-refractivity contribution in [3.05, 3.63) is 0 Å². The van der Waals surface area contributed by atoms with Gasteiger partial charge in [0.2, 0.25) is 0 Å². The van der Waals surface area contributed by atoms with Crippen molar-refractivity contribution in [1.82, 2.24) is 5.32 Å². The summed E-state index contributed by atoms with van der Waals surface area (Å²) in [6.07, 6.45) is 4.61. The molecule has 0 aromatic rings. The Morgan fingerprint density at radius 2 is 1.92 bits per heavy atom. The molecule has 2 nitrogen and oxygen atoms in total. The van der Waals surface area contributed by atoms with Crippen LogP contribution in [0.2, 0.25) is 0 Å². The zero-order valence-corrected chi connectivity index (χ0v) is 9.32. The zero-order chi connectivity index (χ0) is 9.03. The molecular formula is C10H20ClNO. The second kappa shape index (κ2) is 5.61. The Morgan fingerprint density at radius 3 is 2.38 bits per heavy atom. The van der Waals surface area contributed by atoms with Crippen molar-refractivity contribution in [2.75, 3.05) is 13.1 Å². The Hall–Kier alpha value is -0.0800. The molecule has 0 aromatic carbocycles. The quantitative estimate of drug-likeness (QED) is 0.715. The molecule has 1 fully saturated rings. The van der Waals surface area contributed by atoms with Crippen LogP contribution in [0.25, 0.3) is 0 Å². The molecule has 0 radical (unpaired) electrons. The van der Waals surface area contributed by atoms with Crippen LogP contribution in [0.5, 0.6) is 0 Å². The van der Waals surface area contributed by atoms with Crippen molar-refractivity contribution in [2.45, 2.75) is 33.1 Å². The highest BCUT2D eigenvalue weighted by atomic mass is 35.5. The molecule has 1 heterocycles. The van der Waals surface area contributed by atoms with Crippen LogP contribution in [0.4, 0.5) is 0 Å². The zero-order valence-electron chi connectivity index (χ0n) is 8.51. The van der Waals surface area contributed by atoms with Crippen molar-refractivity contribution >= 4 is 18.7 Å². The molecular weight excluding hydrogens is 186 g/mol. The summed E-state index contributed by atoms with van der Waals surface area (Å²) in [4.78, 5) is 10.7. The largest absolute Gasteiger partial charge is 0.317 e. The van der Waals surface area contributed by atoms with Crippen molar-refractivity contribution in [3.8, 4) is 0 Å². The summed E-state index contributed by atoms with van der Waals surface area (Å²) in [5.41, 5.74) is -0.109. The van der Waals surface area contributed by atoms with Gasteiger partial charge in [-0.25, -0.2) is 0 Å². The number of carbonyl (C=O) groups excluding carboxylic acids is 1. The summed E-state index contributed by atoms with van der Waals surface area (Å²) in [6.45, 7) is 6.31. The molecule has 1 N–H and O–H groups in total. The highest BCUT2D eigenvalue weighted by Crippen LogP contribution is 2.27. The van der Waals surface area contributed by atoms with Crippen LogP contribution < -0.4 is 5.32 Å². The van der Waals surface area contributed by atoms with Gasteiger partial charge < -0.3 is 10.1 Å². The van der Waals surface area contributed by atoms with Gasteiger partial charge in [0, 0.05) is 5.41 Å². The van der Waals surface area contributed by atoms with E-state index >= 15 is 0 Å². The predicted octanol–water partition coefficient (Wildman–Crippen LogP) is 2.02. The van der Waals surface area contributed by atoms with E-state index in [1.165, 1.54) is 12.8 Å². The second-order valence-electron chi connectivity index (χ2n) is 4.50. The molecule has 0 spiro atoms. The molecule has 0 saturated carbocycles. The Labute approximate surface area is 86.9 Å². The fourth-order valence-corrected chi connectivity index (χ4v) is 1.88. The first kappa shape index (κ1) is 12.9. The minimum Gasteiger partial charge on any atom is -0.317 e. The first-order chi connectivity index (χ1) is 5.64. The van der Waals surface area contributed by atoms with E-state index in [0.717, 1.165) is 31.7 Å². The highest BCUT2D eigenvalue weighted by Gasteiger charge is 2.23. The maximum Gasteiger partial charge on any atom is 0.125 e. The molecule has 78 valence electrons. The smallest absolute Gasteiger partial charge is 0.125 e. The Balaban J connectivity index is 0.00000144. The van der Waals surface area contributed by atoms with Crippen molar-refractivity contribution in [2.24, 2.45) is 11.3 Å². The fraction of sp³-hybridized carbons (Fsp3) is 0.900. The maximum absolute atomic E-state index is 10.7. The molecule has 1 saturated heterocycles. The third kappa shape index (κ3) is 4.63. The van der Waals surface area contributed by atoms with Gasteiger partial charge in [0.25, 0.3) is 0 Å². The average Bonchev–Trinajstić information content (AvgIpc) is 2.06. The van der Waals surface area contributed by atoms with Gasteiger partial charge in [-0.3, -0.25) is 0 Å². The summed E-state index contributed by atoms with van der Waals surface area (Å²) < 4.78 is 0. The molecule has 0 unspecified atom stereocenters.